The molecule has 4 heterocycles. The molecule has 6 aromatic rings. The number of aldehydes is 1. The number of ketones is 2. The highest BCUT2D eigenvalue weighted by molar-refractivity contribution is 6.01. The topological polar surface area (TPSA) is 175 Å². The summed E-state index contributed by atoms with van der Waals surface area (Å²) in [7, 11) is 0. The van der Waals surface area contributed by atoms with E-state index >= 15 is 0 Å². The first-order valence-electron chi connectivity index (χ1n) is 25.1. The van der Waals surface area contributed by atoms with E-state index in [9.17, 15) is 56.2 Å². The zero-order valence-electron chi connectivity index (χ0n) is 41.7. The van der Waals surface area contributed by atoms with Gasteiger partial charge in [0.2, 0.25) is 10.9 Å². The third kappa shape index (κ3) is 11.1. The quantitative estimate of drug-likeness (QED) is 0.0498. The summed E-state index contributed by atoms with van der Waals surface area (Å²) in [6.45, 7) is 4.95. The normalized spacial score (nSPS) is 19.4. The van der Waals surface area contributed by atoms with Crippen LogP contribution in [0.5, 0.6) is 11.5 Å². The maximum absolute atomic E-state index is 14.1. The number of fused-ring (bicyclic) bond motifs is 4. The van der Waals surface area contributed by atoms with Crippen molar-refractivity contribution in [1.29, 1.82) is 0 Å². The second kappa shape index (κ2) is 23.7. The SMILES string of the molecule is C.C.CCN1C[C@@]2(C[C@@H]2C=O)n2cc(C(=O)CCc3ccc(F)cc3F)c(=O)c(OCc3ccccc3)c2C1=O.CCN1C[C@@]2(C[C@@H]2CO)n2cc(C(=O)CCc3ccc(F)cc3F)c(=O)c(OCc3ccccc3)c2C1=O. The van der Waals surface area contributed by atoms with Gasteiger partial charge >= 0.3 is 0 Å². The van der Waals surface area contributed by atoms with E-state index in [0.717, 1.165) is 41.7 Å². The van der Waals surface area contributed by atoms with Crippen molar-refractivity contribution in [2.45, 2.75) is 91.5 Å². The molecule has 10 rings (SSSR count). The number of aromatic nitrogens is 2. The van der Waals surface area contributed by atoms with Crippen LogP contribution in [0, 0.1) is 35.1 Å². The van der Waals surface area contributed by atoms with Crippen LogP contribution in [0.2, 0.25) is 0 Å². The predicted molar refractivity (Wildman–Crippen MR) is 283 cm³/mol. The van der Waals surface area contributed by atoms with Gasteiger partial charge in [-0.15, -0.1) is 0 Å². The number of amides is 2. The summed E-state index contributed by atoms with van der Waals surface area (Å²) in [5.74, 6) is -5.87. The fraction of sp³-hybridized carbons (Fsp3) is 0.350. The summed E-state index contributed by atoms with van der Waals surface area (Å²) < 4.78 is 69.9. The number of benzene rings is 4. The van der Waals surface area contributed by atoms with E-state index in [-0.39, 0.29) is 130 Å². The molecule has 2 spiro atoms. The molecule has 2 aromatic heterocycles. The zero-order valence-corrected chi connectivity index (χ0v) is 41.7. The van der Waals surface area contributed by atoms with E-state index in [2.05, 4.69) is 0 Å². The Morgan fingerprint density at radius 2 is 1.05 bits per heavy atom. The number of Topliss-reactive ketones (excluding diaryl/α,β-unsaturated/α-hetero) is 2. The van der Waals surface area contributed by atoms with Crippen LogP contribution >= 0.6 is 0 Å². The zero-order chi connectivity index (χ0) is 54.1. The molecule has 18 heteroatoms. The number of hydrogen-bond donors (Lipinski definition) is 1. The highest BCUT2D eigenvalue weighted by Gasteiger charge is 2.61. The minimum absolute atomic E-state index is 0. The van der Waals surface area contributed by atoms with Gasteiger partial charge in [0.25, 0.3) is 11.8 Å². The molecular formula is C60H62F4N4O10. The van der Waals surface area contributed by atoms with Crippen LogP contribution in [0.1, 0.15) is 118 Å². The molecule has 14 nitrogen and oxygen atoms in total. The minimum Gasteiger partial charge on any atom is -0.483 e. The molecule has 2 aliphatic heterocycles. The van der Waals surface area contributed by atoms with E-state index in [0.29, 0.717) is 32.5 Å². The summed E-state index contributed by atoms with van der Waals surface area (Å²) in [6.07, 6.45) is 4.14. The lowest BCUT2D eigenvalue weighted by Crippen LogP contribution is -2.50. The van der Waals surface area contributed by atoms with Gasteiger partial charge in [-0.25, -0.2) is 17.6 Å². The first kappa shape index (κ1) is 57.7. The number of nitrogens with zero attached hydrogens (tertiary/aromatic N) is 4. The van der Waals surface area contributed by atoms with Gasteiger partial charge in [-0.3, -0.25) is 28.8 Å². The molecule has 410 valence electrons. The standard InChI is InChI=1S/C29H28F2N2O5.C29H26F2N2O5.2CH4/c2*1-2-32-17-29(13-20(29)15-34)33-14-22(24(35)11-9-19-8-10-21(30)12-23(19)31)26(36)27(25(33)28(32)37)38-16-18-6-4-3-5-7-18;;/h3-8,10,12,14,20,34H,2,9,11,13,15-17H2,1H3;3-8,10,12,14-15,20H,2,9,11,13,16-17H2,1H3;2*1H4/t2*20-,29-;;/m11../s1. The maximum Gasteiger partial charge on any atom is 0.274 e. The van der Waals surface area contributed by atoms with Crippen LogP contribution < -0.4 is 20.3 Å². The molecular weight excluding hydrogens is 1010 g/mol. The second-order valence-electron chi connectivity index (χ2n) is 19.6. The molecule has 4 atom stereocenters. The Balaban J connectivity index is 0.000000220. The Kier molecular flexibility index (Phi) is 17.5. The number of hydrogen-bond acceptors (Lipinski definition) is 10. The molecule has 4 aliphatic rings. The molecule has 2 fully saturated rings. The number of aliphatic hydroxyl groups excluding tert-OH is 1. The summed E-state index contributed by atoms with van der Waals surface area (Å²) in [4.78, 5) is 95.8. The van der Waals surface area contributed by atoms with Crippen molar-refractivity contribution in [3.63, 3.8) is 0 Å². The number of aliphatic hydroxyl groups is 1. The fourth-order valence-corrected chi connectivity index (χ4v) is 10.4. The molecule has 0 radical (unpaired) electrons. The largest absolute Gasteiger partial charge is 0.483 e. The molecule has 2 aliphatic carbocycles. The summed E-state index contributed by atoms with van der Waals surface area (Å²) >= 11 is 0. The van der Waals surface area contributed by atoms with E-state index in [4.69, 9.17) is 9.47 Å². The van der Waals surface area contributed by atoms with Crippen molar-refractivity contribution in [1.82, 2.24) is 18.9 Å². The molecule has 2 saturated carbocycles. The van der Waals surface area contributed by atoms with Crippen LogP contribution in [-0.2, 0) is 41.9 Å². The lowest BCUT2D eigenvalue weighted by Gasteiger charge is -2.37. The summed E-state index contributed by atoms with van der Waals surface area (Å²) in [6, 6.07) is 24.5. The maximum atomic E-state index is 14.1. The second-order valence-corrected chi connectivity index (χ2v) is 19.6. The van der Waals surface area contributed by atoms with E-state index in [1.807, 2.05) is 62.4 Å². The van der Waals surface area contributed by atoms with Gasteiger partial charge in [0.15, 0.2) is 34.5 Å². The van der Waals surface area contributed by atoms with Crippen LogP contribution in [0.25, 0.3) is 0 Å². The monoisotopic (exact) mass is 1070 g/mol. The number of likely N-dealkylation sites (N-methyl/N-ethyl adjacent to an activating group) is 2. The molecule has 2 amide bonds. The van der Waals surface area contributed by atoms with Gasteiger partial charge in [0.05, 0.1) is 22.2 Å². The van der Waals surface area contributed by atoms with Gasteiger partial charge in [0, 0.05) is 82.0 Å². The number of rotatable bonds is 18. The molecule has 0 unspecified atom stereocenters. The highest BCUT2D eigenvalue weighted by Crippen LogP contribution is 2.54. The van der Waals surface area contributed by atoms with Crippen LogP contribution in [0.4, 0.5) is 17.6 Å². The van der Waals surface area contributed by atoms with Crippen molar-refractivity contribution >= 4 is 29.7 Å². The molecule has 0 bridgehead atoms. The number of pyridine rings is 2. The summed E-state index contributed by atoms with van der Waals surface area (Å²) in [5.41, 5.74) is -1.30. The predicted octanol–water partition coefficient (Wildman–Crippen LogP) is 8.89. The summed E-state index contributed by atoms with van der Waals surface area (Å²) in [5, 5.41) is 9.95. The third-order valence-electron chi connectivity index (χ3n) is 15.0. The number of halogens is 4. The number of carbonyl (C=O) groups is 5. The Morgan fingerprint density at radius 1 is 0.628 bits per heavy atom. The van der Waals surface area contributed by atoms with Gasteiger partial charge in [-0.2, -0.15) is 0 Å². The van der Waals surface area contributed by atoms with Crippen LogP contribution in [0.15, 0.2) is 119 Å². The van der Waals surface area contributed by atoms with E-state index in [1.54, 1.807) is 31.1 Å². The van der Waals surface area contributed by atoms with Gasteiger partial charge in [-0.05, 0) is 73.9 Å². The van der Waals surface area contributed by atoms with Crippen LogP contribution in [0.3, 0.4) is 0 Å². The minimum atomic E-state index is -0.775. The number of carbonyl (C=O) groups excluding carboxylic acids is 5. The Morgan fingerprint density at radius 3 is 1.42 bits per heavy atom. The van der Waals surface area contributed by atoms with Crippen molar-refractivity contribution in [2.75, 3.05) is 32.8 Å². The number of aryl methyl sites for hydroxylation is 2. The van der Waals surface area contributed by atoms with Gasteiger partial charge in [0.1, 0.15) is 42.8 Å². The number of ether oxygens (including phenoxy) is 2. The molecule has 1 N–H and O–H groups in total. The van der Waals surface area contributed by atoms with Crippen molar-refractivity contribution in [3.8, 4) is 11.5 Å². The lowest BCUT2D eigenvalue weighted by molar-refractivity contribution is -0.109. The Bertz CT molecular complexity index is 3390. The average molecular weight is 1080 g/mol. The third-order valence-corrected chi connectivity index (χ3v) is 15.0. The molecule has 4 aromatic carbocycles. The first-order chi connectivity index (χ1) is 36.6. The van der Waals surface area contributed by atoms with Gasteiger partial charge in [-0.1, -0.05) is 87.6 Å². The first-order valence-corrected chi connectivity index (χ1v) is 25.1. The molecule has 0 saturated heterocycles. The van der Waals surface area contributed by atoms with Crippen molar-refractivity contribution < 1.29 is 56.1 Å². The smallest absolute Gasteiger partial charge is 0.274 e. The molecule has 78 heavy (non-hydrogen) atoms. The van der Waals surface area contributed by atoms with E-state index < -0.39 is 62.7 Å². The van der Waals surface area contributed by atoms with Crippen molar-refractivity contribution in [3.05, 3.63) is 198 Å². The lowest BCUT2D eigenvalue weighted by atomic mass is 10.00. The Hall–Kier alpha value is -7.99. The van der Waals surface area contributed by atoms with Crippen molar-refractivity contribution in [2.24, 2.45) is 11.8 Å². The fourth-order valence-electron chi connectivity index (χ4n) is 10.4. The van der Waals surface area contributed by atoms with Gasteiger partial charge < -0.3 is 38.3 Å². The van der Waals surface area contributed by atoms with E-state index in [1.165, 1.54) is 24.5 Å². The van der Waals surface area contributed by atoms with Crippen LogP contribution in [-0.4, -0.2) is 86.5 Å². The Labute approximate surface area is 448 Å². The average Bonchev–Trinajstić information content (AvgIpc) is 4.52. The highest BCUT2D eigenvalue weighted by atomic mass is 19.1.